The second kappa shape index (κ2) is 35.2. The maximum absolute atomic E-state index is 13.8. The summed E-state index contributed by atoms with van der Waals surface area (Å²) in [5, 5.41) is 56.3. The van der Waals surface area contributed by atoms with Gasteiger partial charge in [-0.3, -0.25) is 59.9 Å². The fraction of sp³-hybridized carbons (Fsp3) is 0.531. The molecule has 16 N–H and O–H groups in total. The Kier molecular flexibility index (Phi) is 24.4. The van der Waals surface area contributed by atoms with Gasteiger partial charge in [-0.05, 0) is 20.8 Å². The first-order valence-electron chi connectivity index (χ1n) is 39.2. The lowest BCUT2D eigenvalue weighted by atomic mass is 10.0. The summed E-state index contributed by atoms with van der Waals surface area (Å²) in [5.74, 6) is 1.23. The van der Waals surface area contributed by atoms with E-state index in [-0.39, 0.29) is 112 Å². The van der Waals surface area contributed by atoms with Crippen LogP contribution in [-0.4, -0.2) is 338 Å². The molecule has 0 amide bonds. The molecule has 8 bridgehead atoms. The molecule has 62 nitrogen and oxygen atoms in total. The number of nitrogens with one attached hydrogen (secondary N) is 3. The lowest BCUT2D eigenvalue weighted by molar-refractivity contribution is -0.184. The minimum Gasteiger partial charge on any atom is -0.387 e. The predicted molar refractivity (Wildman–Crippen MR) is 465 cm³/mol. The normalized spacial score (nSPS) is 38.4. The van der Waals surface area contributed by atoms with Crippen molar-refractivity contribution in [1.29, 1.82) is 0 Å². The number of aliphatic hydroxyl groups excluding tert-OH is 5. The average molecular weight is 2020 g/mol. The molecule has 22 heterocycles. The molecule has 0 spiro atoms. The second-order valence-electron chi connectivity index (χ2n) is 30.8. The molecular weight excluding hydrogens is 1940 g/mol. The molecule has 730 valence electrons. The number of nitrogens with two attached hydrogens (primary N) is 3. The van der Waals surface area contributed by atoms with Crippen molar-refractivity contribution in [3.63, 3.8) is 0 Å². The number of anilines is 3. The zero-order chi connectivity index (χ0) is 95.8. The van der Waals surface area contributed by atoms with E-state index in [0.29, 0.717) is 22.7 Å². The summed E-state index contributed by atoms with van der Waals surface area (Å²) >= 11 is 0. The zero-order valence-electron chi connectivity index (χ0n) is 67.3. The molecule has 10 fully saturated rings. The van der Waals surface area contributed by atoms with E-state index in [4.69, 9.17) is 105 Å². The van der Waals surface area contributed by atoms with Gasteiger partial charge in [0.2, 0.25) is 0 Å². The number of aromatic nitrogens is 24. The first kappa shape index (κ1) is 94.3. The molecule has 72 heteroatoms. The van der Waals surface area contributed by atoms with Gasteiger partial charge >= 0.3 is 15.6 Å². The molecule has 26 unspecified atom stereocenters. The molecule has 0 aliphatic carbocycles. The minimum atomic E-state index is -5.08. The highest BCUT2D eigenvalue weighted by molar-refractivity contribution is 7.80. The first-order valence-corrected chi connectivity index (χ1v) is 46.6. The Morgan fingerprint density at radius 1 is 0.353 bits per heavy atom. The van der Waals surface area contributed by atoms with Crippen molar-refractivity contribution in [2.24, 2.45) is 0 Å². The molecular formula is C64H83B4N27O35P6-4. The Morgan fingerprint density at radius 2 is 0.654 bits per heavy atom. The largest absolute Gasteiger partial charge is 0.472 e. The van der Waals surface area contributed by atoms with Crippen molar-refractivity contribution < 1.29 is 150 Å². The van der Waals surface area contributed by atoms with Crippen LogP contribution in [0.4, 0.5) is 17.5 Å². The summed E-state index contributed by atoms with van der Waals surface area (Å²) in [5.41, 5.74) is 16.5. The van der Waals surface area contributed by atoms with Gasteiger partial charge in [0, 0.05) is 0 Å². The third kappa shape index (κ3) is 17.4. The number of nitrogens with zero attached hydrogens (tertiary/aromatic N) is 21. The number of phosphoric acid groups is 2. The Morgan fingerprint density at radius 3 is 1.02 bits per heavy atom. The van der Waals surface area contributed by atoms with Crippen LogP contribution in [0.15, 0.2) is 71.3 Å². The smallest absolute Gasteiger partial charge is 0.387 e. The van der Waals surface area contributed by atoms with Crippen molar-refractivity contribution in [2.45, 2.75) is 168 Å². The van der Waals surface area contributed by atoms with Crippen LogP contribution >= 0.6 is 45.5 Å². The van der Waals surface area contributed by atoms with Gasteiger partial charge in [0.1, 0.15) is 192 Å². The van der Waals surface area contributed by atoms with E-state index in [1.54, 1.807) is 13.8 Å². The first-order chi connectivity index (χ1) is 64.5. The molecule has 136 heavy (non-hydrogen) atoms. The zero-order valence-corrected chi connectivity index (χ0v) is 72.7. The van der Waals surface area contributed by atoms with E-state index in [2.05, 4.69) is 89.7 Å². The number of rotatable bonds is 6. The molecule has 0 saturated carbocycles. The lowest BCUT2D eigenvalue weighted by Gasteiger charge is -2.32. The highest BCUT2D eigenvalue weighted by Crippen LogP contribution is 2.61. The van der Waals surface area contributed by atoms with Crippen LogP contribution in [0, 0.1) is 20.8 Å². The number of H-pyrrole nitrogens is 3. The topological polar surface area (TPSA) is 819 Å². The van der Waals surface area contributed by atoms with Crippen LogP contribution in [0.1, 0.15) is 54.8 Å². The number of aromatic amines is 3. The number of hydrogen-bond donors (Lipinski definition) is 13. The summed E-state index contributed by atoms with van der Waals surface area (Å²) in [6.45, 7) is 1.46. The predicted octanol–water partition coefficient (Wildman–Crippen LogP) is -6.95. The van der Waals surface area contributed by atoms with Gasteiger partial charge in [0.25, 0.3) is 16.7 Å². The highest BCUT2D eigenvalue weighted by Gasteiger charge is 2.67. The fourth-order valence-corrected chi connectivity index (χ4v) is 21.6. The van der Waals surface area contributed by atoms with E-state index in [1.165, 1.54) is 91.3 Å². The molecule has 12 aromatic rings. The second-order valence-corrected chi connectivity index (χ2v) is 37.2. The lowest BCUT2D eigenvalue weighted by Crippen LogP contribution is -2.45. The highest BCUT2D eigenvalue weighted by atomic mass is 31.2. The third-order valence-electron chi connectivity index (χ3n) is 22.6. The van der Waals surface area contributed by atoms with E-state index in [0.717, 1.165) is 0 Å². The van der Waals surface area contributed by atoms with E-state index in [1.807, 2.05) is 0 Å². The third-order valence-corrected chi connectivity index (χ3v) is 27.6. The van der Waals surface area contributed by atoms with Crippen molar-refractivity contribution in [3.05, 3.63) is 105 Å². The molecule has 22 rings (SSSR count). The molecule has 10 aliphatic rings. The van der Waals surface area contributed by atoms with Crippen LogP contribution in [0.5, 0.6) is 0 Å². The van der Waals surface area contributed by atoms with E-state index >= 15 is 0 Å². The van der Waals surface area contributed by atoms with Crippen molar-refractivity contribution in [3.8, 4) is 0 Å². The number of aryl methyl sites for hydroxylation is 3. The van der Waals surface area contributed by atoms with Crippen molar-refractivity contribution >= 4 is 160 Å². The van der Waals surface area contributed by atoms with Gasteiger partial charge in [-0.15, -0.1) is 0 Å². The average Bonchev–Trinajstić information content (AvgIpc) is 1.55. The maximum Gasteiger partial charge on any atom is 0.472 e. The number of fused-ring (bicyclic) bond motifs is 14. The van der Waals surface area contributed by atoms with Gasteiger partial charge in [0.05, 0.1) is 114 Å². The fourth-order valence-electron chi connectivity index (χ4n) is 16.5. The monoisotopic (exact) mass is 2020 g/mol. The van der Waals surface area contributed by atoms with Crippen LogP contribution in [0.25, 0.3) is 67.0 Å². The number of ether oxygens (including phenoxy) is 7. The van der Waals surface area contributed by atoms with Gasteiger partial charge in [-0.2, -0.15) is 0 Å². The molecule has 0 aromatic carbocycles. The van der Waals surface area contributed by atoms with Crippen molar-refractivity contribution in [1.82, 2.24) is 117 Å². The maximum atomic E-state index is 13.8. The molecule has 10 aliphatic heterocycles. The van der Waals surface area contributed by atoms with E-state index < -0.39 is 252 Å². The van der Waals surface area contributed by atoms with Gasteiger partial charge < -0.3 is 155 Å². The van der Waals surface area contributed by atoms with Gasteiger partial charge in [0.15, 0.2) is 105 Å². The van der Waals surface area contributed by atoms with Crippen LogP contribution < -0.4 is 33.9 Å². The summed E-state index contributed by atoms with van der Waals surface area (Å²) < 4.78 is 201. The summed E-state index contributed by atoms with van der Waals surface area (Å²) in [4.78, 5) is 129. The standard InChI is InChI=1S/C22H25N9O13P2.2C21H29B2N9O11P2/c1-8-28-18-11(19(33)29-8)27-7-31(18)20-13-12(32)9(41-20)2-39-45(34,35)44-15-14-21(30-6-26-10-16(23)24-5-25-17(10)30)42-22(15,3-38-14)4-40-46(36,37)43-13;2*1-7-29-18-11(19(35)30-7)28-6-32(18)21-15-12(33)8(40-21)2-38-44(22,36)42-14-9(3-39-45(23,37)43-15)41-20(13(14)34)31-5-27-10-16(24)25-4-26-17(10)31/h5-7,9,12-15,20-21,32H,2-4H2,1H3,(H,34,35)(H,36,37)(H2,23,24,25)(H,28,29,33);2*4-6,8-9,12-15,20-21,33-34H,2-3H2,1,22-23H3,(H2,24,25,26)(H,29,30,35)/q;2*-2/t;2*8?,9?,12?,13?,14?,15?,20?,21?,44-,45-/m.10/s1. The van der Waals surface area contributed by atoms with Gasteiger partial charge in [-0.1, -0.05) is 0 Å². The molecule has 10 saturated heterocycles. The molecule has 12 aromatic heterocycles. The van der Waals surface area contributed by atoms with Gasteiger partial charge in [-0.25, -0.2) is 83.9 Å². The summed E-state index contributed by atoms with van der Waals surface area (Å²) in [6, 6.07) is 0. The number of aliphatic hydroxyl groups is 5. The summed E-state index contributed by atoms with van der Waals surface area (Å²) in [6.07, 6.45) is -17.5. The number of nitrogen functional groups attached to an aromatic ring is 3. The number of phosphoric ester groups is 2. The number of hydrogen-bond acceptors (Lipinski definition) is 51. The minimum absolute atomic E-state index is 0.0138. The van der Waals surface area contributed by atoms with Crippen LogP contribution in [0.3, 0.4) is 0 Å². The Bertz CT molecular complexity index is 6950. The Balaban J connectivity index is 0.000000126. The Labute approximate surface area is 760 Å². The van der Waals surface area contributed by atoms with Crippen LogP contribution in [-0.2, 0) is 115 Å². The Hall–Kier alpha value is -9.30. The van der Waals surface area contributed by atoms with Crippen molar-refractivity contribution in [2.75, 3.05) is 63.4 Å². The van der Waals surface area contributed by atoms with Crippen LogP contribution in [0.2, 0.25) is 0 Å². The summed E-state index contributed by atoms with van der Waals surface area (Å²) in [7, 11) is -29.7. The molecule has 30 atom stereocenters. The SMILES string of the molecule is Cc1nc2c(ncn2C2OC3COP(=O)(O)OC4C5OCC4(COP(=O)(O)OC2C3O)OC5n2cnc3c(N)ncnc32)c(=O)[nH]1.[BH3-][P@@]1(=O)OCC2OC(n3cnc4c(=O)[nH]c(C)nc43)C(O[P@]([BH3-])(=O)OCC3OC(n4cnc5c(N)ncnc54)C(O)C3O1)C2O.[BH3-][P@]1(=O)OCC2OC(n3cnc4c(=O)[nH]c(C)nc43)C(O[P@@]([BH3-])(=O)OCC3OC(n4cnc5c(N)ncnc54)C(O)C3O1)C2O. The number of imidazole rings is 6. The quantitative estimate of drug-likeness (QED) is 0.0543. The molecule has 0 radical (unpaired) electrons. The van der Waals surface area contributed by atoms with E-state index in [9.17, 15) is 77.1 Å².